The lowest BCUT2D eigenvalue weighted by molar-refractivity contribution is -0.147. The number of aromatic nitrogens is 2. The minimum absolute atomic E-state index is 0.0773. The van der Waals surface area contributed by atoms with Crippen molar-refractivity contribution in [3.8, 4) is 5.75 Å². The maximum Gasteiger partial charge on any atom is 0.308 e. The van der Waals surface area contributed by atoms with E-state index in [-0.39, 0.29) is 28.4 Å². The lowest BCUT2D eigenvalue weighted by atomic mass is 9.87. The first-order valence-corrected chi connectivity index (χ1v) is 6.78. The predicted octanol–water partition coefficient (Wildman–Crippen LogP) is 2.89. The van der Waals surface area contributed by atoms with Gasteiger partial charge in [-0.1, -0.05) is 11.6 Å². The van der Waals surface area contributed by atoms with E-state index in [0.717, 1.165) is 19.3 Å². The molecule has 2 rings (SSSR count). The topological polar surface area (TPSA) is 61.3 Å². The van der Waals surface area contributed by atoms with Crippen LogP contribution in [0.4, 0.5) is 0 Å². The summed E-state index contributed by atoms with van der Waals surface area (Å²) in [6.07, 6.45) is 4.59. The number of carbonyl (C=O) groups excluding carboxylic acids is 1. The molecule has 0 N–H and O–H groups in total. The lowest BCUT2D eigenvalue weighted by Crippen LogP contribution is -2.30. The first kappa shape index (κ1) is 14.3. The molecular formula is C12H14Cl2N2O3. The summed E-state index contributed by atoms with van der Waals surface area (Å²) in [5.41, 5.74) is 0. The van der Waals surface area contributed by atoms with Gasteiger partial charge in [-0.3, -0.25) is 4.79 Å². The summed E-state index contributed by atoms with van der Waals surface area (Å²) >= 11 is 11.5. The number of carbonyl (C=O) groups is 1. The fourth-order valence-electron chi connectivity index (χ4n) is 2.22. The van der Waals surface area contributed by atoms with Crippen LogP contribution in [-0.4, -0.2) is 29.2 Å². The Kier molecular flexibility index (Phi) is 4.82. The third-order valence-corrected chi connectivity index (χ3v) is 3.59. The zero-order valence-corrected chi connectivity index (χ0v) is 11.9. The second kappa shape index (κ2) is 6.39. The average molecular weight is 305 g/mol. The zero-order valence-electron chi connectivity index (χ0n) is 10.4. The fourth-order valence-corrected chi connectivity index (χ4v) is 2.57. The number of ether oxygens (including phenoxy) is 2. The van der Waals surface area contributed by atoms with Gasteiger partial charge in [-0.15, -0.1) is 0 Å². The Hall–Kier alpha value is -1.07. The Morgan fingerprint density at radius 3 is 2.89 bits per heavy atom. The Morgan fingerprint density at radius 1 is 1.42 bits per heavy atom. The van der Waals surface area contributed by atoms with Gasteiger partial charge < -0.3 is 9.47 Å². The molecule has 0 saturated heterocycles. The number of methoxy groups -OCH3 is 1. The third-order valence-electron chi connectivity index (χ3n) is 3.14. The van der Waals surface area contributed by atoms with Gasteiger partial charge in [-0.25, -0.2) is 9.97 Å². The molecule has 1 saturated carbocycles. The maximum atomic E-state index is 11.5. The van der Waals surface area contributed by atoms with Crippen molar-refractivity contribution in [3.63, 3.8) is 0 Å². The van der Waals surface area contributed by atoms with Crippen molar-refractivity contribution in [2.24, 2.45) is 5.92 Å². The highest BCUT2D eigenvalue weighted by molar-refractivity contribution is 6.32. The summed E-state index contributed by atoms with van der Waals surface area (Å²) in [4.78, 5) is 19.2. The van der Waals surface area contributed by atoms with Crippen LogP contribution in [0.3, 0.4) is 0 Å². The minimum atomic E-state index is -0.188. The smallest absolute Gasteiger partial charge is 0.308 e. The molecule has 1 aliphatic carbocycles. The molecule has 19 heavy (non-hydrogen) atoms. The summed E-state index contributed by atoms with van der Waals surface area (Å²) in [7, 11) is 1.40. The summed E-state index contributed by atoms with van der Waals surface area (Å²) < 4.78 is 10.5. The monoisotopic (exact) mass is 304 g/mol. The second-order valence-electron chi connectivity index (χ2n) is 4.42. The molecular weight excluding hydrogens is 291 g/mol. The third kappa shape index (κ3) is 3.70. The largest absolute Gasteiger partial charge is 0.486 e. The van der Waals surface area contributed by atoms with E-state index < -0.39 is 0 Å². The number of hydrogen-bond donors (Lipinski definition) is 0. The normalized spacial score (nSPS) is 22.9. The number of esters is 1. The Balaban J connectivity index is 2.00. The number of halogens is 2. The quantitative estimate of drug-likeness (QED) is 0.488. The molecule has 0 amide bonds. The second-order valence-corrected chi connectivity index (χ2v) is 5.12. The molecule has 0 aromatic carbocycles. The van der Waals surface area contributed by atoms with Crippen LogP contribution >= 0.6 is 23.2 Å². The highest BCUT2D eigenvalue weighted by Gasteiger charge is 2.29. The van der Waals surface area contributed by atoms with Gasteiger partial charge in [0.05, 0.1) is 25.3 Å². The number of rotatable bonds is 3. The lowest BCUT2D eigenvalue weighted by Gasteiger charge is -2.28. The van der Waals surface area contributed by atoms with Crippen LogP contribution in [0.1, 0.15) is 25.7 Å². The summed E-state index contributed by atoms with van der Waals surface area (Å²) in [5.74, 6) is 0.0871. The van der Waals surface area contributed by atoms with Crippen LogP contribution in [0.15, 0.2) is 6.20 Å². The molecule has 2 atom stereocenters. The van der Waals surface area contributed by atoms with Crippen molar-refractivity contribution < 1.29 is 14.3 Å². The van der Waals surface area contributed by atoms with E-state index in [1.807, 2.05) is 0 Å². The van der Waals surface area contributed by atoms with Crippen LogP contribution in [0.25, 0.3) is 0 Å². The van der Waals surface area contributed by atoms with E-state index in [0.29, 0.717) is 12.2 Å². The highest BCUT2D eigenvalue weighted by atomic mass is 35.5. The molecule has 1 heterocycles. The van der Waals surface area contributed by atoms with Crippen LogP contribution in [0, 0.1) is 5.92 Å². The summed E-state index contributed by atoms with van der Waals surface area (Å²) in [6.45, 7) is 0. The van der Waals surface area contributed by atoms with E-state index in [1.165, 1.54) is 13.3 Å². The average Bonchev–Trinajstić information content (AvgIpc) is 2.41. The van der Waals surface area contributed by atoms with Gasteiger partial charge in [0.25, 0.3) is 0 Å². The number of nitrogens with zero attached hydrogens (tertiary/aromatic N) is 2. The molecule has 1 aliphatic rings. The minimum Gasteiger partial charge on any atom is -0.486 e. The van der Waals surface area contributed by atoms with Crippen molar-refractivity contribution >= 4 is 29.2 Å². The summed E-state index contributed by atoms with van der Waals surface area (Å²) in [6, 6.07) is 0. The zero-order chi connectivity index (χ0) is 13.8. The van der Waals surface area contributed by atoms with Gasteiger partial charge >= 0.3 is 5.97 Å². The first-order chi connectivity index (χ1) is 9.10. The molecule has 0 unspecified atom stereocenters. The standard InChI is InChI=1S/C12H14Cl2N2O3/c1-18-11(17)7-3-2-4-8(5-7)19-9-6-15-12(14)16-10(9)13/h6-8H,2-5H2,1H3/t7-,8-/m0/s1. The molecule has 1 aromatic rings. The van der Waals surface area contributed by atoms with Crippen molar-refractivity contribution in [2.45, 2.75) is 31.8 Å². The molecule has 1 fully saturated rings. The number of hydrogen-bond acceptors (Lipinski definition) is 5. The van der Waals surface area contributed by atoms with Crippen LogP contribution in [0.5, 0.6) is 5.75 Å². The van der Waals surface area contributed by atoms with Crippen molar-refractivity contribution in [2.75, 3.05) is 7.11 Å². The maximum absolute atomic E-state index is 11.5. The van der Waals surface area contributed by atoms with Crippen molar-refractivity contribution in [1.29, 1.82) is 0 Å². The van der Waals surface area contributed by atoms with Gasteiger partial charge in [0.2, 0.25) is 5.28 Å². The molecule has 0 aliphatic heterocycles. The van der Waals surface area contributed by atoms with Crippen LogP contribution in [0.2, 0.25) is 10.4 Å². The molecule has 104 valence electrons. The van der Waals surface area contributed by atoms with Crippen molar-refractivity contribution in [3.05, 3.63) is 16.6 Å². The van der Waals surface area contributed by atoms with E-state index in [9.17, 15) is 4.79 Å². The van der Waals surface area contributed by atoms with E-state index in [1.54, 1.807) is 0 Å². The molecule has 5 nitrogen and oxygen atoms in total. The summed E-state index contributed by atoms with van der Waals surface area (Å²) in [5, 5.41) is 0.258. The molecule has 0 radical (unpaired) electrons. The van der Waals surface area contributed by atoms with E-state index >= 15 is 0 Å². The van der Waals surface area contributed by atoms with E-state index in [2.05, 4.69) is 9.97 Å². The van der Waals surface area contributed by atoms with Crippen molar-refractivity contribution in [1.82, 2.24) is 9.97 Å². The Bertz CT molecular complexity index is 470. The van der Waals surface area contributed by atoms with Gasteiger partial charge in [0, 0.05) is 0 Å². The van der Waals surface area contributed by atoms with Gasteiger partial charge in [-0.05, 0) is 37.3 Å². The molecule has 0 spiro atoms. The Labute approximate surface area is 121 Å². The van der Waals surface area contributed by atoms with E-state index in [4.69, 9.17) is 32.7 Å². The molecule has 0 bridgehead atoms. The first-order valence-electron chi connectivity index (χ1n) is 6.02. The fraction of sp³-hybridized carbons (Fsp3) is 0.583. The van der Waals surface area contributed by atoms with Gasteiger partial charge in [0.1, 0.15) is 0 Å². The van der Waals surface area contributed by atoms with Crippen LogP contribution < -0.4 is 4.74 Å². The predicted molar refractivity (Wildman–Crippen MR) is 70.4 cm³/mol. The molecule has 1 aromatic heterocycles. The SMILES string of the molecule is COC(=O)[C@H]1CCC[C@H](Oc2cnc(Cl)nc2Cl)C1. The van der Waals surface area contributed by atoms with Gasteiger partial charge in [-0.2, -0.15) is 0 Å². The van der Waals surface area contributed by atoms with Gasteiger partial charge in [0.15, 0.2) is 10.9 Å². The van der Waals surface area contributed by atoms with Crippen LogP contribution in [-0.2, 0) is 9.53 Å². The highest BCUT2D eigenvalue weighted by Crippen LogP contribution is 2.31. The molecule has 7 heteroatoms. The Morgan fingerprint density at radius 2 is 2.21 bits per heavy atom.